The Morgan fingerprint density at radius 2 is 2.00 bits per heavy atom. The maximum Gasteiger partial charge on any atom is 0.222 e. The van der Waals surface area contributed by atoms with E-state index < -0.39 is 0 Å². The number of amides is 1. The van der Waals surface area contributed by atoms with Crippen molar-refractivity contribution in [3.63, 3.8) is 0 Å². The van der Waals surface area contributed by atoms with Crippen molar-refractivity contribution >= 4 is 5.91 Å². The molecule has 0 aromatic carbocycles. The largest absolute Gasteiger partial charge is 0.374 e. The first-order valence-corrected chi connectivity index (χ1v) is 7.82. The van der Waals surface area contributed by atoms with Gasteiger partial charge < -0.3 is 15.0 Å². The number of hydrogen-bond acceptors (Lipinski definition) is 3. The Labute approximate surface area is 116 Å². The first kappa shape index (κ1) is 14.8. The van der Waals surface area contributed by atoms with Crippen LogP contribution in [0, 0.1) is 5.92 Å². The van der Waals surface area contributed by atoms with Crippen LogP contribution in [-0.4, -0.2) is 50.2 Å². The predicted molar refractivity (Wildman–Crippen MR) is 76.1 cm³/mol. The summed E-state index contributed by atoms with van der Waals surface area (Å²) in [7, 11) is 1.91. The van der Waals surface area contributed by atoms with Gasteiger partial charge in [-0.3, -0.25) is 4.79 Å². The van der Waals surface area contributed by atoms with Gasteiger partial charge in [-0.15, -0.1) is 0 Å². The Morgan fingerprint density at radius 1 is 1.26 bits per heavy atom. The lowest BCUT2D eigenvalue weighted by Crippen LogP contribution is -2.45. The highest BCUT2D eigenvalue weighted by molar-refractivity contribution is 5.76. The van der Waals surface area contributed by atoms with Gasteiger partial charge in [0.05, 0.1) is 12.7 Å². The molecule has 1 saturated carbocycles. The zero-order valence-corrected chi connectivity index (χ0v) is 12.2. The molecule has 2 fully saturated rings. The van der Waals surface area contributed by atoms with E-state index in [0.717, 1.165) is 32.7 Å². The second-order valence-corrected chi connectivity index (χ2v) is 6.03. The number of hydrogen-bond donors (Lipinski definition) is 1. The molecule has 4 nitrogen and oxygen atoms in total. The number of rotatable bonds is 4. The SMILES string of the molecule is CN(CC1CNCCO1)C(=O)CC1CCCCCC1. The van der Waals surface area contributed by atoms with Crippen molar-refractivity contribution in [2.24, 2.45) is 5.92 Å². The van der Waals surface area contributed by atoms with Crippen molar-refractivity contribution in [3.05, 3.63) is 0 Å². The number of likely N-dealkylation sites (N-methyl/N-ethyl adjacent to an activating group) is 1. The van der Waals surface area contributed by atoms with E-state index in [0.29, 0.717) is 11.8 Å². The molecule has 110 valence electrons. The number of morpholine rings is 1. The third-order valence-corrected chi connectivity index (χ3v) is 4.35. The van der Waals surface area contributed by atoms with Crippen molar-refractivity contribution in [3.8, 4) is 0 Å². The van der Waals surface area contributed by atoms with Crippen LogP contribution in [0.4, 0.5) is 0 Å². The van der Waals surface area contributed by atoms with Crippen molar-refractivity contribution in [1.82, 2.24) is 10.2 Å². The molecule has 1 atom stereocenters. The molecule has 0 aromatic heterocycles. The van der Waals surface area contributed by atoms with Crippen LogP contribution in [0.1, 0.15) is 44.9 Å². The molecule has 1 heterocycles. The molecule has 2 rings (SSSR count). The van der Waals surface area contributed by atoms with Crippen molar-refractivity contribution < 1.29 is 9.53 Å². The van der Waals surface area contributed by atoms with Gasteiger partial charge in [-0.05, 0) is 18.8 Å². The van der Waals surface area contributed by atoms with Crippen molar-refractivity contribution in [1.29, 1.82) is 0 Å². The zero-order valence-electron chi connectivity index (χ0n) is 12.2. The summed E-state index contributed by atoms with van der Waals surface area (Å²) in [6, 6.07) is 0. The van der Waals surface area contributed by atoms with Crippen LogP contribution < -0.4 is 5.32 Å². The van der Waals surface area contributed by atoms with Gasteiger partial charge in [0.1, 0.15) is 0 Å². The predicted octanol–water partition coefficient (Wildman–Crippen LogP) is 1.79. The normalized spacial score (nSPS) is 25.8. The molecule has 0 aromatic rings. The average Bonchev–Trinajstić information content (AvgIpc) is 2.68. The molecule has 1 N–H and O–H groups in total. The van der Waals surface area contributed by atoms with E-state index >= 15 is 0 Å². The first-order valence-electron chi connectivity index (χ1n) is 7.82. The van der Waals surface area contributed by atoms with E-state index in [1.807, 2.05) is 11.9 Å². The molecule has 0 spiro atoms. The van der Waals surface area contributed by atoms with Crippen LogP contribution in [0.2, 0.25) is 0 Å². The standard InChI is InChI=1S/C15H28N2O2/c1-17(12-14-11-16-8-9-19-14)15(18)10-13-6-4-2-3-5-7-13/h13-14,16H,2-12H2,1H3. The summed E-state index contributed by atoms with van der Waals surface area (Å²) in [5.74, 6) is 0.906. The monoisotopic (exact) mass is 268 g/mol. The van der Waals surface area contributed by atoms with Gasteiger partial charge in [-0.2, -0.15) is 0 Å². The number of ether oxygens (including phenoxy) is 1. The van der Waals surface area contributed by atoms with Gasteiger partial charge in [0.15, 0.2) is 0 Å². The van der Waals surface area contributed by atoms with Crippen LogP contribution in [0.15, 0.2) is 0 Å². The third-order valence-electron chi connectivity index (χ3n) is 4.35. The quantitative estimate of drug-likeness (QED) is 0.790. The van der Waals surface area contributed by atoms with E-state index in [1.54, 1.807) is 0 Å². The Morgan fingerprint density at radius 3 is 2.63 bits per heavy atom. The van der Waals surface area contributed by atoms with Crippen molar-refractivity contribution in [2.75, 3.05) is 33.3 Å². The minimum absolute atomic E-state index is 0.164. The molecule has 0 bridgehead atoms. The van der Waals surface area contributed by atoms with E-state index in [1.165, 1.54) is 38.5 Å². The molecule has 1 saturated heterocycles. The molecule has 0 radical (unpaired) electrons. The lowest BCUT2D eigenvalue weighted by molar-refractivity contribution is -0.133. The van der Waals surface area contributed by atoms with Gasteiger partial charge in [-0.1, -0.05) is 25.7 Å². The highest BCUT2D eigenvalue weighted by atomic mass is 16.5. The first-order chi connectivity index (χ1) is 9.25. The fourth-order valence-electron chi connectivity index (χ4n) is 3.12. The fourth-order valence-corrected chi connectivity index (χ4v) is 3.12. The summed E-state index contributed by atoms with van der Waals surface area (Å²) in [5.41, 5.74) is 0. The molecule has 1 amide bonds. The number of nitrogens with zero attached hydrogens (tertiary/aromatic N) is 1. The summed E-state index contributed by atoms with van der Waals surface area (Å²) in [4.78, 5) is 14.1. The highest BCUT2D eigenvalue weighted by Gasteiger charge is 2.21. The second kappa shape index (κ2) is 7.85. The molecule has 1 aliphatic carbocycles. The summed E-state index contributed by atoms with van der Waals surface area (Å²) in [5, 5.41) is 3.31. The Balaban J connectivity index is 1.71. The van der Waals surface area contributed by atoms with Crippen LogP contribution in [0.5, 0.6) is 0 Å². The van der Waals surface area contributed by atoms with Gasteiger partial charge in [0.25, 0.3) is 0 Å². The summed E-state index contributed by atoms with van der Waals surface area (Å²) < 4.78 is 5.65. The molecular formula is C15H28N2O2. The highest BCUT2D eigenvalue weighted by Crippen LogP contribution is 2.25. The summed E-state index contributed by atoms with van der Waals surface area (Å²) in [6.07, 6.45) is 8.68. The maximum absolute atomic E-state index is 12.2. The summed E-state index contributed by atoms with van der Waals surface area (Å²) in [6.45, 7) is 3.27. The second-order valence-electron chi connectivity index (χ2n) is 6.03. The lowest BCUT2D eigenvalue weighted by atomic mass is 9.96. The molecule has 1 unspecified atom stereocenters. The Hall–Kier alpha value is -0.610. The van der Waals surface area contributed by atoms with Crippen molar-refractivity contribution in [2.45, 2.75) is 51.0 Å². The van der Waals surface area contributed by atoms with Gasteiger partial charge >= 0.3 is 0 Å². The minimum Gasteiger partial charge on any atom is -0.374 e. The van der Waals surface area contributed by atoms with Gasteiger partial charge in [0.2, 0.25) is 5.91 Å². The Bertz CT molecular complexity index is 269. The topological polar surface area (TPSA) is 41.6 Å². The molecular weight excluding hydrogens is 240 g/mol. The molecule has 1 aliphatic heterocycles. The van der Waals surface area contributed by atoms with Crippen LogP contribution in [-0.2, 0) is 9.53 Å². The van der Waals surface area contributed by atoms with Crippen LogP contribution in [0.25, 0.3) is 0 Å². The smallest absolute Gasteiger partial charge is 0.222 e. The van der Waals surface area contributed by atoms with E-state index in [2.05, 4.69) is 5.32 Å². The fraction of sp³-hybridized carbons (Fsp3) is 0.933. The molecule has 2 aliphatic rings. The molecule has 19 heavy (non-hydrogen) atoms. The summed E-state index contributed by atoms with van der Waals surface area (Å²) >= 11 is 0. The van der Waals surface area contributed by atoms with E-state index in [4.69, 9.17) is 4.74 Å². The molecule has 4 heteroatoms. The lowest BCUT2D eigenvalue weighted by Gasteiger charge is -2.28. The number of carbonyl (C=O) groups excluding carboxylic acids is 1. The third kappa shape index (κ3) is 5.11. The van der Waals surface area contributed by atoms with E-state index in [-0.39, 0.29) is 6.10 Å². The minimum atomic E-state index is 0.164. The average molecular weight is 268 g/mol. The number of carbonyl (C=O) groups is 1. The number of nitrogens with one attached hydrogen (secondary N) is 1. The van der Waals surface area contributed by atoms with Crippen LogP contribution in [0.3, 0.4) is 0 Å². The maximum atomic E-state index is 12.2. The zero-order chi connectivity index (χ0) is 13.5. The van der Waals surface area contributed by atoms with E-state index in [9.17, 15) is 4.79 Å². The van der Waals surface area contributed by atoms with Gasteiger partial charge in [-0.25, -0.2) is 0 Å². The van der Waals surface area contributed by atoms with Crippen LogP contribution >= 0.6 is 0 Å². The Kier molecular flexibility index (Phi) is 6.11. The van der Waals surface area contributed by atoms with Gasteiger partial charge in [0, 0.05) is 33.1 Å².